The van der Waals surface area contributed by atoms with E-state index in [2.05, 4.69) is 0 Å². The van der Waals surface area contributed by atoms with Crippen LogP contribution in [-0.2, 0) is 0 Å². The lowest BCUT2D eigenvalue weighted by Gasteiger charge is -2.37. The average Bonchev–Trinajstić information content (AvgIpc) is 2.57. The summed E-state index contributed by atoms with van der Waals surface area (Å²) in [4.78, 5) is 29.0. The molecule has 19 heavy (non-hydrogen) atoms. The molecule has 98 valence electrons. The second-order valence-electron chi connectivity index (χ2n) is 5.51. The van der Waals surface area contributed by atoms with Gasteiger partial charge in [0.05, 0.1) is 0 Å². The molecule has 0 fully saturated rings. The second kappa shape index (κ2) is 3.47. The number of carbonyl (C=O) groups is 2. The lowest BCUT2D eigenvalue weighted by Crippen LogP contribution is -2.46. The fourth-order valence-electron chi connectivity index (χ4n) is 2.74. The van der Waals surface area contributed by atoms with Crippen LogP contribution in [0.1, 0.15) is 34.6 Å². The first-order valence-electron chi connectivity index (χ1n) is 6.27. The Morgan fingerprint density at radius 3 is 1.58 bits per heavy atom. The number of hydrogen-bond donors (Lipinski definition) is 0. The van der Waals surface area contributed by atoms with Gasteiger partial charge in [-0.05, 0) is 13.8 Å². The number of allylic oxidation sites excluding steroid dienone is 2. The molecule has 0 unspecified atom stereocenters. The van der Waals surface area contributed by atoms with Crippen LogP contribution in [0.4, 0.5) is 0 Å². The molecule has 0 amide bonds. The summed E-state index contributed by atoms with van der Waals surface area (Å²) < 4.78 is 0. The summed E-state index contributed by atoms with van der Waals surface area (Å²) >= 11 is 0. The smallest absolute Gasteiger partial charge is 0.212 e. The number of likely N-dealkylation sites (N-methyl/N-ethyl adjacent to an activating group) is 2. The van der Waals surface area contributed by atoms with E-state index < -0.39 is 0 Å². The standard InChI is InChI=1S/C15H16N2O2/c1-15(2)16(3)11-12(17(15)4)14(19)10-8-6-5-7-9(10)13(11)18/h5-8H,1-4H3. The summed E-state index contributed by atoms with van der Waals surface area (Å²) in [6.07, 6.45) is 0. The highest BCUT2D eigenvalue weighted by Crippen LogP contribution is 2.40. The number of fused-ring (bicyclic) bond motifs is 1. The molecule has 1 aromatic carbocycles. The van der Waals surface area contributed by atoms with Gasteiger partial charge in [0, 0.05) is 25.2 Å². The zero-order valence-electron chi connectivity index (χ0n) is 11.5. The minimum atomic E-state index is -0.377. The minimum absolute atomic E-state index is 0.0647. The van der Waals surface area contributed by atoms with Crippen LogP contribution in [0.2, 0.25) is 0 Å². The van der Waals surface area contributed by atoms with Crippen molar-refractivity contribution < 1.29 is 9.59 Å². The Balaban J connectivity index is 2.26. The Labute approximate surface area is 112 Å². The first kappa shape index (κ1) is 12.0. The van der Waals surface area contributed by atoms with Gasteiger partial charge >= 0.3 is 0 Å². The molecule has 0 aromatic heterocycles. The van der Waals surface area contributed by atoms with E-state index in [-0.39, 0.29) is 17.2 Å². The largest absolute Gasteiger partial charge is 0.347 e. The third kappa shape index (κ3) is 1.28. The molecular formula is C15H16N2O2. The molecular weight excluding hydrogens is 240 g/mol. The molecule has 0 radical (unpaired) electrons. The normalized spacial score (nSPS) is 20.8. The molecule has 2 aliphatic rings. The molecule has 0 spiro atoms. The molecule has 0 atom stereocenters. The predicted molar refractivity (Wildman–Crippen MR) is 71.7 cm³/mol. The molecule has 1 aliphatic carbocycles. The maximum atomic E-state index is 12.6. The van der Waals surface area contributed by atoms with Gasteiger partial charge in [-0.15, -0.1) is 0 Å². The van der Waals surface area contributed by atoms with Crippen LogP contribution < -0.4 is 0 Å². The van der Waals surface area contributed by atoms with E-state index in [1.54, 1.807) is 24.3 Å². The highest BCUT2D eigenvalue weighted by atomic mass is 16.1. The molecule has 4 heteroatoms. The maximum Gasteiger partial charge on any atom is 0.212 e. The van der Waals surface area contributed by atoms with Crippen LogP contribution in [0.3, 0.4) is 0 Å². The number of rotatable bonds is 0. The third-order valence-corrected chi connectivity index (χ3v) is 4.38. The van der Waals surface area contributed by atoms with Gasteiger partial charge in [0.2, 0.25) is 11.6 Å². The predicted octanol–water partition coefficient (Wildman–Crippen LogP) is 1.89. The molecule has 0 saturated heterocycles. The molecule has 3 rings (SSSR count). The topological polar surface area (TPSA) is 40.6 Å². The summed E-state index contributed by atoms with van der Waals surface area (Å²) in [6.45, 7) is 3.99. The highest BCUT2D eigenvalue weighted by molar-refractivity contribution is 6.26. The van der Waals surface area contributed by atoms with Crippen LogP contribution in [0, 0.1) is 0 Å². The van der Waals surface area contributed by atoms with Crippen molar-refractivity contribution in [2.75, 3.05) is 14.1 Å². The monoisotopic (exact) mass is 256 g/mol. The van der Waals surface area contributed by atoms with Crippen molar-refractivity contribution in [1.82, 2.24) is 9.80 Å². The Bertz CT molecular complexity index is 590. The van der Waals surface area contributed by atoms with Gasteiger partial charge in [-0.3, -0.25) is 9.59 Å². The molecule has 0 saturated carbocycles. The van der Waals surface area contributed by atoms with Crippen LogP contribution in [0.5, 0.6) is 0 Å². The molecule has 1 aliphatic heterocycles. The fraction of sp³-hybridized carbons (Fsp3) is 0.333. The summed E-state index contributed by atoms with van der Waals surface area (Å²) in [7, 11) is 3.72. The van der Waals surface area contributed by atoms with E-state index in [0.29, 0.717) is 22.5 Å². The number of hydrogen-bond acceptors (Lipinski definition) is 4. The van der Waals surface area contributed by atoms with Crippen LogP contribution >= 0.6 is 0 Å². The first-order chi connectivity index (χ1) is 8.87. The minimum Gasteiger partial charge on any atom is -0.347 e. The SMILES string of the molecule is CN1C2=C(C(=O)c3ccccc3C2=O)N(C)C1(C)C. The summed E-state index contributed by atoms with van der Waals surface area (Å²) in [5.74, 6) is -0.129. The molecule has 0 bridgehead atoms. The summed E-state index contributed by atoms with van der Waals surface area (Å²) in [5.41, 5.74) is 1.65. The number of ketones is 2. The van der Waals surface area contributed by atoms with Crippen molar-refractivity contribution in [2.24, 2.45) is 0 Å². The van der Waals surface area contributed by atoms with Crippen LogP contribution in [0.15, 0.2) is 35.7 Å². The Kier molecular flexibility index (Phi) is 2.18. The maximum absolute atomic E-state index is 12.6. The van der Waals surface area contributed by atoms with Crippen molar-refractivity contribution in [3.8, 4) is 0 Å². The van der Waals surface area contributed by atoms with Gasteiger partial charge in [0.25, 0.3) is 0 Å². The van der Waals surface area contributed by atoms with Gasteiger partial charge in [-0.25, -0.2) is 0 Å². The number of nitrogens with zero attached hydrogens (tertiary/aromatic N) is 2. The first-order valence-corrected chi connectivity index (χ1v) is 6.27. The van der Waals surface area contributed by atoms with E-state index >= 15 is 0 Å². The summed E-state index contributed by atoms with van der Waals surface area (Å²) in [6, 6.07) is 7.02. The van der Waals surface area contributed by atoms with E-state index in [1.165, 1.54) is 0 Å². The quantitative estimate of drug-likeness (QED) is 0.710. The number of Topliss-reactive ketones (excluding diaryl/α,β-unsaturated/α-hetero) is 2. The van der Waals surface area contributed by atoms with Gasteiger partial charge in [0.1, 0.15) is 17.1 Å². The molecule has 0 N–H and O–H groups in total. The third-order valence-electron chi connectivity index (χ3n) is 4.38. The zero-order chi connectivity index (χ0) is 13.9. The summed E-state index contributed by atoms with van der Waals surface area (Å²) in [5, 5.41) is 0. The van der Waals surface area contributed by atoms with Crippen LogP contribution in [-0.4, -0.2) is 41.1 Å². The molecule has 4 nitrogen and oxygen atoms in total. The second-order valence-corrected chi connectivity index (χ2v) is 5.51. The van der Waals surface area contributed by atoms with Crippen molar-refractivity contribution in [3.05, 3.63) is 46.8 Å². The number of carbonyl (C=O) groups excluding carboxylic acids is 2. The van der Waals surface area contributed by atoms with Gasteiger partial charge in [0.15, 0.2) is 0 Å². The van der Waals surface area contributed by atoms with E-state index in [0.717, 1.165) is 0 Å². The lowest BCUT2D eigenvalue weighted by atomic mass is 9.90. The van der Waals surface area contributed by atoms with E-state index in [4.69, 9.17) is 0 Å². The lowest BCUT2D eigenvalue weighted by molar-refractivity contribution is 0.0762. The van der Waals surface area contributed by atoms with Crippen molar-refractivity contribution >= 4 is 11.6 Å². The van der Waals surface area contributed by atoms with E-state index in [9.17, 15) is 9.59 Å². The van der Waals surface area contributed by atoms with Gasteiger partial charge in [-0.1, -0.05) is 24.3 Å². The Hall–Kier alpha value is -2.10. The Morgan fingerprint density at radius 1 is 0.842 bits per heavy atom. The van der Waals surface area contributed by atoms with Crippen LogP contribution in [0.25, 0.3) is 0 Å². The van der Waals surface area contributed by atoms with Gasteiger partial charge < -0.3 is 9.80 Å². The average molecular weight is 256 g/mol. The van der Waals surface area contributed by atoms with Crippen molar-refractivity contribution in [1.29, 1.82) is 0 Å². The van der Waals surface area contributed by atoms with Crippen molar-refractivity contribution in [2.45, 2.75) is 19.5 Å². The fourth-order valence-corrected chi connectivity index (χ4v) is 2.74. The highest BCUT2D eigenvalue weighted by Gasteiger charge is 2.48. The Morgan fingerprint density at radius 2 is 1.21 bits per heavy atom. The van der Waals surface area contributed by atoms with E-state index in [1.807, 2.05) is 37.7 Å². The number of benzene rings is 1. The molecule has 1 aromatic rings. The van der Waals surface area contributed by atoms with Crippen molar-refractivity contribution in [3.63, 3.8) is 0 Å². The molecule has 1 heterocycles. The van der Waals surface area contributed by atoms with Gasteiger partial charge in [-0.2, -0.15) is 0 Å². The zero-order valence-corrected chi connectivity index (χ0v) is 11.5.